The zero-order valence-electron chi connectivity index (χ0n) is 19.1. The van der Waals surface area contributed by atoms with E-state index in [-0.39, 0.29) is 30.9 Å². The van der Waals surface area contributed by atoms with Gasteiger partial charge >= 0.3 is 0 Å². The van der Waals surface area contributed by atoms with E-state index in [1.807, 2.05) is 7.05 Å². The topological polar surface area (TPSA) is 113 Å². The molecule has 3 amide bonds. The Kier molecular flexibility index (Phi) is 8.01. The highest BCUT2D eigenvalue weighted by molar-refractivity contribution is 7.18. The van der Waals surface area contributed by atoms with Gasteiger partial charge < -0.3 is 25.6 Å². The maximum absolute atomic E-state index is 13.1. The largest absolute Gasteiger partial charge is 0.484 e. The number of thiazole rings is 1. The molecule has 0 atom stereocenters. The molecule has 0 saturated carbocycles. The van der Waals surface area contributed by atoms with Gasteiger partial charge in [-0.2, -0.15) is 0 Å². The third-order valence-electron chi connectivity index (χ3n) is 5.33. The lowest BCUT2D eigenvalue weighted by Crippen LogP contribution is -2.25. The van der Waals surface area contributed by atoms with E-state index in [0.717, 1.165) is 30.1 Å². The Bertz CT molecular complexity index is 1260. The molecule has 35 heavy (non-hydrogen) atoms. The molecule has 3 N–H and O–H groups in total. The molecule has 0 saturated heterocycles. The minimum Gasteiger partial charge on any atom is -0.484 e. The highest BCUT2D eigenvalue weighted by Gasteiger charge is 2.22. The first-order valence-corrected chi connectivity index (χ1v) is 12.8. The Balaban J connectivity index is 1.52. The van der Waals surface area contributed by atoms with Crippen LogP contribution >= 0.6 is 34.3 Å². The SMILES string of the molecule is CNC(=O)COc1ccc(CNC(=O)c2ccc(Cl)s2)c(NC(=O)c2nc3c(s2)CN(C)CC3)c1. The molecule has 9 nitrogen and oxygen atoms in total. The average Bonchev–Trinajstić information content (AvgIpc) is 3.47. The highest BCUT2D eigenvalue weighted by atomic mass is 35.5. The first kappa shape index (κ1) is 25.1. The number of ether oxygens (including phenoxy) is 1. The van der Waals surface area contributed by atoms with Gasteiger partial charge in [-0.3, -0.25) is 14.4 Å². The van der Waals surface area contributed by atoms with Gasteiger partial charge in [0.25, 0.3) is 17.7 Å². The molecule has 3 heterocycles. The van der Waals surface area contributed by atoms with E-state index >= 15 is 0 Å². The molecule has 0 spiro atoms. The van der Waals surface area contributed by atoms with E-state index in [1.165, 1.54) is 29.7 Å². The number of halogens is 1. The van der Waals surface area contributed by atoms with Crippen molar-refractivity contribution in [3.05, 3.63) is 60.7 Å². The van der Waals surface area contributed by atoms with Crippen LogP contribution in [0.3, 0.4) is 0 Å². The first-order valence-electron chi connectivity index (χ1n) is 10.8. The summed E-state index contributed by atoms with van der Waals surface area (Å²) in [7, 11) is 3.56. The number of carbonyl (C=O) groups is 3. The molecule has 0 aliphatic carbocycles. The van der Waals surface area contributed by atoms with E-state index in [1.54, 1.807) is 30.3 Å². The zero-order chi connectivity index (χ0) is 24.9. The van der Waals surface area contributed by atoms with Gasteiger partial charge in [-0.15, -0.1) is 22.7 Å². The van der Waals surface area contributed by atoms with Crippen molar-refractivity contribution in [2.45, 2.75) is 19.5 Å². The van der Waals surface area contributed by atoms with E-state index in [0.29, 0.717) is 31.2 Å². The number of hydrogen-bond acceptors (Lipinski definition) is 8. The van der Waals surface area contributed by atoms with Gasteiger partial charge in [0.05, 0.1) is 14.9 Å². The summed E-state index contributed by atoms with van der Waals surface area (Å²) in [5, 5.41) is 8.62. The lowest BCUT2D eigenvalue weighted by atomic mass is 10.1. The Morgan fingerprint density at radius 1 is 1.17 bits per heavy atom. The van der Waals surface area contributed by atoms with Gasteiger partial charge in [0, 0.05) is 49.7 Å². The third kappa shape index (κ3) is 6.37. The van der Waals surface area contributed by atoms with Crippen molar-refractivity contribution in [2.24, 2.45) is 0 Å². The number of likely N-dealkylation sites (N-methyl/N-ethyl adjacent to an activating group) is 2. The minimum atomic E-state index is -0.340. The number of hydrogen-bond donors (Lipinski definition) is 3. The van der Waals surface area contributed by atoms with Crippen LogP contribution in [0, 0.1) is 0 Å². The van der Waals surface area contributed by atoms with Crippen molar-refractivity contribution in [1.82, 2.24) is 20.5 Å². The lowest BCUT2D eigenvalue weighted by Gasteiger charge is -2.20. The van der Waals surface area contributed by atoms with E-state index in [9.17, 15) is 14.4 Å². The van der Waals surface area contributed by atoms with Crippen LogP contribution in [0.15, 0.2) is 30.3 Å². The van der Waals surface area contributed by atoms with E-state index in [4.69, 9.17) is 16.3 Å². The molecule has 1 aliphatic rings. The van der Waals surface area contributed by atoms with Gasteiger partial charge in [0.1, 0.15) is 5.75 Å². The molecule has 1 aliphatic heterocycles. The number of carbonyl (C=O) groups excluding carboxylic acids is 3. The summed E-state index contributed by atoms with van der Waals surface area (Å²) in [6.07, 6.45) is 0.808. The molecule has 0 fully saturated rings. The van der Waals surface area contributed by atoms with Crippen molar-refractivity contribution < 1.29 is 19.1 Å². The molecule has 2 aromatic heterocycles. The Morgan fingerprint density at radius 2 is 2.00 bits per heavy atom. The number of rotatable bonds is 8. The first-order chi connectivity index (χ1) is 16.8. The highest BCUT2D eigenvalue weighted by Crippen LogP contribution is 2.28. The molecular weight excluding hydrogens is 510 g/mol. The van der Waals surface area contributed by atoms with E-state index in [2.05, 4.69) is 25.8 Å². The number of benzene rings is 1. The van der Waals surface area contributed by atoms with Crippen LogP contribution in [0.4, 0.5) is 5.69 Å². The summed E-state index contributed by atoms with van der Waals surface area (Å²) in [6, 6.07) is 8.36. The van der Waals surface area contributed by atoms with Crippen LogP contribution in [-0.2, 0) is 24.3 Å². The van der Waals surface area contributed by atoms with Crippen LogP contribution in [-0.4, -0.2) is 54.9 Å². The maximum atomic E-state index is 13.1. The van der Waals surface area contributed by atoms with Gasteiger partial charge in [-0.1, -0.05) is 17.7 Å². The molecule has 0 radical (unpaired) electrons. The second kappa shape index (κ2) is 11.2. The monoisotopic (exact) mass is 533 g/mol. The van der Waals surface area contributed by atoms with Crippen molar-refractivity contribution in [3.63, 3.8) is 0 Å². The van der Waals surface area contributed by atoms with Gasteiger partial charge in [-0.05, 0) is 30.8 Å². The van der Waals surface area contributed by atoms with Crippen molar-refractivity contribution in [2.75, 3.05) is 32.6 Å². The number of nitrogens with zero attached hydrogens (tertiary/aromatic N) is 2. The summed E-state index contributed by atoms with van der Waals surface area (Å²) < 4.78 is 6.06. The Hall–Kier alpha value is -2.99. The minimum absolute atomic E-state index is 0.161. The average molecular weight is 534 g/mol. The predicted molar refractivity (Wildman–Crippen MR) is 137 cm³/mol. The molecule has 4 rings (SSSR count). The Morgan fingerprint density at radius 3 is 2.74 bits per heavy atom. The smallest absolute Gasteiger partial charge is 0.284 e. The number of anilines is 1. The molecule has 3 aromatic rings. The number of nitrogens with one attached hydrogen (secondary N) is 3. The van der Waals surface area contributed by atoms with Crippen molar-refractivity contribution in [1.29, 1.82) is 0 Å². The Labute approximate surface area is 215 Å². The van der Waals surface area contributed by atoms with E-state index < -0.39 is 0 Å². The molecule has 184 valence electrons. The summed E-state index contributed by atoms with van der Waals surface area (Å²) in [5.41, 5.74) is 2.09. The number of fused-ring (bicyclic) bond motifs is 1. The fourth-order valence-electron chi connectivity index (χ4n) is 3.43. The van der Waals surface area contributed by atoms with Crippen LogP contribution < -0.4 is 20.7 Å². The summed E-state index contributed by atoms with van der Waals surface area (Å²) in [5.74, 6) is -0.479. The predicted octanol–water partition coefficient (Wildman–Crippen LogP) is 3.15. The molecule has 12 heteroatoms. The molecule has 0 unspecified atom stereocenters. The quantitative estimate of drug-likeness (QED) is 0.410. The summed E-state index contributed by atoms with van der Waals surface area (Å²) in [6.45, 7) is 1.68. The lowest BCUT2D eigenvalue weighted by molar-refractivity contribution is -0.122. The fourth-order valence-corrected chi connectivity index (χ4v) is 5.47. The summed E-state index contributed by atoms with van der Waals surface area (Å²) in [4.78, 5) is 45.4. The zero-order valence-corrected chi connectivity index (χ0v) is 21.5. The number of thiophene rings is 1. The van der Waals surface area contributed by atoms with Gasteiger partial charge in [0.2, 0.25) is 0 Å². The van der Waals surface area contributed by atoms with Gasteiger partial charge in [-0.25, -0.2) is 4.98 Å². The maximum Gasteiger partial charge on any atom is 0.284 e. The molecule has 0 bridgehead atoms. The van der Waals surface area contributed by atoms with Crippen molar-refractivity contribution in [3.8, 4) is 5.75 Å². The standard InChI is InChI=1S/C23H24ClN5O4S2/c1-25-20(30)12-33-14-4-3-13(10-26-21(31)17-5-6-19(24)34-17)16(9-14)27-22(32)23-28-15-7-8-29(2)11-18(15)35-23/h3-6,9H,7-8,10-12H2,1-2H3,(H,25,30)(H,26,31)(H,27,32). The number of amides is 3. The molecule has 1 aromatic carbocycles. The van der Waals surface area contributed by atoms with Crippen LogP contribution in [0.2, 0.25) is 4.34 Å². The normalized spacial score (nSPS) is 13.1. The third-order valence-corrected chi connectivity index (χ3v) is 7.64. The second-order valence-corrected chi connectivity index (χ2v) is 10.7. The number of aromatic nitrogens is 1. The van der Waals surface area contributed by atoms with Crippen molar-refractivity contribution >= 4 is 57.7 Å². The van der Waals surface area contributed by atoms with Crippen LogP contribution in [0.25, 0.3) is 0 Å². The van der Waals surface area contributed by atoms with Crippen LogP contribution in [0.1, 0.15) is 35.6 Å². The molecular formula is C23H24ClN5O4S2. The van der Waals surface area contributed by atoms with Crippen LogP contribution in [0.5, 0.6) is 5.75 Å². The second-order valence-electron chi connectivity index (χ2n) is 7.90. The fraction of sp³-hybridized carbons (Fsp3) is 0.304. The summed E-state index contributed by atoms with van der Waals surface area (Å²) >= 11 is 8.50. The van der Waals surface area contributed by atoms with Gasteiger partial charge in [0.15, 0.2) is 11.6 Å².